The van der Waals surface area contributed by atoms with Gasteiger partial charge in [0.15, 0.2) is 0 Å². The van der Waals surface area contributed by atoms with Crippen molar-refractivity contribution in [3.05, 3.63) is 243 Å². The van der Waals surface area contributed by atoms with E-state index in [1.54, 1.807) is 0 Å². The summed E-state index contributed by atoms with van der Waals surface area (Å²) in [5.41, 5.74) is 17.0. The van der Waals surface area contributed by atoms with E-state index in [-0.39, 0.29) is 0 Å². The average Bonchev–Trinajstić information content (AvgIpc) is 3.93. The third-order valence-electron chi connectivity index (χ3n) is 13.2. The van der Waals surface area contributed by atoms with E-state index in [2.05, 4.69) is 240 Å². The molecule has 10 aromatic carbocycles. The predicted molar refractivity (Wildman–Crippen MR) is 274 cm³/mol. The van der Waals surface area contributed by atoms with Crippen molar-refractivity contribution in [2.75, 3.05) is 4.90 Å². The van der Waals surface area contributed by atoms with E-state index in [0.717, 1.165) is 44.6 Å². The molecule has 3 nitrogen and oxygen atoms in total. The molecule has 0 aliphatic carbocycles. The average molecular weight is 829 g/mol. The molecule has 65 heavy (non-hydrogen) atoms. The highest BCUT2D eigenvalue weighted by atomic mass is 16.3. The second-order valence-electron chi connectivity index (χ2n) is 16.8. The van der Waals surface area contributed by atoms with E-state index in [1.165, 1.54) is 76.9 Å². The first-order chi connectivity index (χ1) is 32.2. The van der Waals surface area contributed by atoms with Crippen LogP contribution in [-0.4, -0.2) is 4.40 Å². The number of aromatic nitrogens is 1. The lowest BCUT2D eigenvalue weighted by atomic mass is 9.92. The van der Waals surface area contributed by atoms with Crippen LogP contribution in [0.3, 0.4) is 0 Å². The molecule has 13 rings (SSSR count). The molecule has 304 valence electrons. The smallest absolute Gasteiger partial charge is 0.137 e. The molecule has 0 amide bonds. The summed E-state index contributed by atoms with van der Waals surface area (Å²) in [6.45, 7) is 0. The fourth-order valence-electron chi connectivity index (χ4n) is 10.2. The Labute approximate surface area is 376 Å². The third-order valence-corrected chi connectivity index (χ3v) is 13.2. The molecule has 0 spiro atoms. The molecule has 0 fully saturated rings. The van der Waals surface area contributed by atoms with E-state index >= 15 is 0 Å². The molecule has 0 atom stereocenters. The molecule has 0 saturated heterocycles. The zero-order valence-electron chi connectivity index (χ0n) is 35.4. The van der Waals surface area contributed by atoms with E-state index in [0.29, 0.717) is 0 Å². The summed E-state index contributed by atoms with van der Waals surface area (Å²) in [6.07, 6.45) is 2.19. The van der Waals surface area contributed by atoms with Gasteiger partial charge in [0.05, 0.1) is 22.1 Å². The Hall–Kier alpha value is -8.66. The summed E-state index contributed by atoms with van der Waals surface area (Å²) in [4.78, 5) is 2.36. The van der Waals surface area contributed by atoms with Gasteiger partial charge in [-0.05, 0) is 121 Å². The largest absolute Gasteiger partial charge is 0.456 e. The molecule has 0 bridgehead atoms. The zero-order valence-corrected chi connectivity index (χ0v) is 35.4. The number of anilines is 3. The number of hydrogen-bond donors (Lipinski definition) is 0. The quantitative estimate of drug-likeness (QED) is 0.160. The minimum atomic E-state index is 0.867. The fourth-order valence-corrected chi connectivity index (χ4v) is 10.2. The number of benzene rings is 10. The summed E-state index contributed by atoms with van der Waals surface area (Å²) in [5, 5.41) is 8.47. The van der Waals surface area contributed by atoms with Crippen LogP contribution in [0.5, 0.6) is 0 Å². The van der Waals surface area contributed by atoms with Crippen LogP contribution >= 0.6 is 0 Å². The van der Waals surface area contributed by atoms with Crippen LogP contribution in [0.4, 0.5) is 17.1 Å². The van der Waals surface area contributed by atoms with Crippen LogP contribution in [0.25, 0.3) is 104 Å². The van der Waals surface area contributed by atoms with Gasteiger partial charge in [-0.3, -0.25) is 0 Å². The van der Waals surface area contributed by atoms with Crippen LogP contribution in [0.1, 0.15) is 0 Å². The Morgan fingerprint density at radius 1 is 0.338 bits per heavy atom. The number of rotatable bonds is 7. The van der Waals surface area contributed by atoms with Crippen molar-refractivity contribution in [1.82, 2.24) is 4.40 Å². The summed E-state index contributed by atoms with van der Waals surface area (Å²) >= 11 is 0. The van der Waals surface area contributed by atoms with Gasteiger partial charge < -0.3 is 13.7 Å². The number of nitrogens with zero attached hydrogens (tertiary/aromatic N) is 2. The van der Waals surface area contributed by atoms with E-state index in [4.69, 9.17) is 4.42 Å². The van der Waals surface area contributed by atoms with Crippen molar-refractivity contribution in [1.29, 1.82) is 0 Å². The van der Waals surface area contributed by atoms with Gasteiger partial charge in [0.25, 0.3) is 0 Å². The first-order valence-corrected chi connectivity index (χ1v) is 22.2. The summed E-state index contributed by atoms with van der Waals surface area (Å²) in [5.74, 6) is 0. The SMILES string of the molecule is c1ccc(-c2c3c4ccccc4c(-c4ccc(-c5ccc(N(c6ccc(-c7cccc8ccccc78)cc6)c6cccc7oc8ccccc8c67)cc5)cc4)cc3n3ccccc23)cc1. The van der Waals surface area contributed by atoms with Gasteiger partial charge >= 0.3 is 0 Å². The standard InChI is InChI=1S/C62H40N2O/c1-2-15-46(16-3-1)60-55-23-10-11-39-63(55)57-40-54(51-19-6-7-20-52(51)62(57)60)45-29-27-41(28-30-45)42-31-35-47(36-32-42)64(56-24-13-26-59-61(56)53-21-8-9-25-58(53)65-59)48-37-33-44(34-38-48)50-22-12-17-43-14-4-5-18-49(43)50/h1-40H. The van der Waals surface area contributed by atoms with Crippen LogP contribution in [-0.2, 0) is 0 Å². The summed E-state index contributed by atoms with van der Waals surface area (Å²) in [7, 11) is 0. The second-order valence-corrected chi connectivity index (χ2v) is 16.8. The number of pyridine rings is 1. The van der Waals surface area contributed by atoms with Gasteiger partial charge in [0.2, 0.25) is 0 Å². The second kappa shape index (κ2) is 15.0. The van der Waals surface area contributed by atoms with Gasteiger partial charge in [-0.1, -0.05) is 176 Å². The Bertz CT molecular complexity index is 3910. The molecule has 0 N–H and O–H groups in total. The summed E-state index contributed by atoms with van der Waals surface area (Å²) in [6, 6.07) is 85.4. The maximum Gasteiger partial charge on any atom is 0.137 e. The van der Waals surface area contributed by atoms with E-state index < -0.39 is 0 Å². The van der Waals surface area contributed by atoms with Crippen LogP contribution in [0.15, 0.2) is 247 Å². The fraction of sp³-hybridized carbons (Fsp3) is 0. The highest BCUT2D eigenvalue weighted by Gasteiger charge is 2.21. The molecular formula is C62H40N2O. The number of para-hydroxylation sites is 1. The van der Waals surface area contributed by atoms with Gasteiger partial charge in [0.1, 0.15) is 11.2 Å². The monoisotopic (exact) mass is 828 g/mol. The molecule has 0 unspecified atom stereocenters. The van der Waals surface area contributed by atoms with Crippen molar-refractivity contribution in [3.8, 4) is 44.5 Å². The first-order valence-electron chi connectivity index (χ1n) is 22.2. The highest BCUT2D eigenvalue weighted by Crippen LogP contribution is 2.46. The third kappa shape index (κ3) is 6.05. The Balaban J connectivity index is 0.895. The molecule has 13 aromatic rings. The van der Waals surface area contributed by atoms with Crippen molar-refractivity contribution < 1.29 is 4.42 Å². The van der Waals surface area contributed by atoms with Gasteiger partial charge in [-0.15, -0.1) is 0 Å². The Morgan fingerprint density at radius 2 is 0.908 bits per heavy atom. The maximum absolute atomic E-state index is 6.41. The van der Waals surface area contributed by atoms with Gasteiger partial charge in [0, 0.05) is 33.9 Å². The lowest BCUT2D eigenvalue weighted by molar-refractivity contribution is 0.669. The Morgan fingerprint density at radius 3 is 1.69 bits per heavy atom. The normalized spacial score (nSPS) is 11.7. The minimum Gasteiger partial charge on any atom is -0.456 e. The topological polar surface area (TPSA) is 20.8 Å². The maximum atomic E-state index is 6.41. The zero-order chi connectivity index (χ0) is 42.8. The molecule has 3 aromatic heterocycles. The molecule has 0 aliphatic heterocycles. The lowest BCUT2D eigenvalue weighted by Gasteiger charge is -2.26. The van der Waals surface area contributed by atoms with Crippen LogP contribution in [0, 0.1) is 0 Å². The molecule has 0 saturated carbocycles. The first kappa shape index (κ1) is 36.9. The number of hydrogen-bond acceptors (Lipinski definition) is 2. The number of fused-ring (bicyclic) bond motifs is 9. The van der Waals surface area contributed by atoms with Crippen LogP contribution in [0.2, 0.25) is 0 Å². The summed E-state index contributed by atoms with van der Waals surface area (Å²) < 4.78 is 8.76. The highest BCUT2D eigenvalue weighted by molar-refractivity contribution is 6.22. The molecule has 0 radical (unpaired) electrons. The minimum absolute atomic E-state index is 0.867. The number of furan rings is 1. The molecule has 0 aliphatic rings. The Kier molecular flexibility index (Phi) is 8.53. The molecule has 3 heterocycles. The van der Waals surface area contributed by atoms with Gasteiger partial charge in [-0.25, -0.2) is 0 Å². The van der Waals surface area contributed by atoms with Gasteiger partial charge in [-0.2, -0.15) is 0 Å². The van der Waals surface area contributed by atoms with Crippen molar-refractivity contribution in [2.24, 2.45) is 0 Å². The van der Waals surface area contributed by atoms with Crippen molar-refractivity contribution in [3.63, 3.8) is 0 Å². The van der Waals surface area contributed by atoms with Crippen molar-refractivity contribution >= 4 is 77.0 Å². The molecule has 3 heteroatoms. The van der Waals surface area contributed by atoms with E-state index in [1.807, 2.05) is 12.1 Å². The molecular weight excluding hydrogens is 789 g/mol. The lowest BCUT2D eigenvalue weighted by Crippen LogP contribution is -2.10. The predicted octanol–water partition coefficient (Wildman–Crippen LogP) is 17.4. The van der Waals surface area contributed by atoms with Crippen LogP contribution < -0.4 is 4.90 Å². The van der Waals surface area contributed by atoms with Crippen molar-refractivity contribution in [2.45, 2.75) is 0 Å². The van der Waals surface area contributed by atoms with E-state index in [9.17, 15) is 0 Å².